The molecule has 1 atom stereocenters. The lowest BCUT2D eigenvalue weighted by molar-refractivity contribution is 0.182. The Labute approximate surface area is 89.5 Å². The lowest BCUT2D eigenvalue weighted by Gasteiger charge is -2.19. The Bertz CT molecular complexity index is 363. The van der Waals surface area contributed by atoms with Gasteiger partial charge in [-0.1, -0.05) is 0 Å². The van der Waals surface area contributed by atoms with E-state index in [0.29, 0.717) is 5.56 Å². The Morgan fingerprint density at radius 1 is 1.20 bits per heavy atom. The summed E-state index contributed by atoms with van der Waals surface area (Å²) in [7, 11) is 0. The smallest absolute Gasteiger partial charge is 0.121 e. The van der Waals surface area contributed by atoms with Gasteiger partial charge in [0.1, 0.15) is 5.75 Å². The van der Waals surface area contributed by atoms with E-state index in [4.69, 9.17) is 5.73 Å². The summed E-state index contributed by atoms with van der Waals surface area (Å²) in [5.41, 5.74) is 8.42. The highest BCUT2D eigenvalue weighted by molar-refractivity contribution is 5.44. The van der Waals surface area contributed by atoms with Gasteiger partial charge in [0.05, 0.1) is 6.10 Å². The first-order valence-electron chi connectivity index (χ1n) is 5.45. The predicted molar refractivity (Wildman–Crippen MR) is 58.8 cm³/mol. The first kappa shape index (κ1) is 10.5. The number of aliphatic hydroxyl groups is 1. The molecule has 82 valence electrons. The number of rotatable bonds is 2. The van der Waals surface area contributed by atoms with Crippen molar-refractivity contribution in [2.75, 3.05) is 6.54 Å². The van der Waals surface area contributed by atoms with Crippen LogP contribution in [0.2, 0.25) is 0 Å². The standard InChI is InChI=1S/C12H17NO2/c13-7-12(15)10-5-8-3-1-2-4-9(8)6-11(10)14/h5-6,12,14-15H,1-4,7,13H2. The van der Waals surface area contributed by atoms with Crippen molar-refractivity contribution in [2.24, 2.45) is 5.73 Å². The molecule has 15 heavy (non-hydrogen) atoms. The van der Waals surface area contributed by atoms with Crippen molar-refractivity contribution in [2.45, 2.75) is 31.8 Å². The second kappa shape index (κ2) is 4.21. The van der Waals surface area contributed by atoms with E-state index in [1.807, 2.05) is 6.07 Å². The van der Waals surface area contributed by atoms with Crippen LogP contribution in [0.25, 0.3) is 0 Å². The van der Waals surface area contributed by atoms with E-state index in [2.05, 4.69) is 0 Å². The molecule has 1 aromatic carbocycles. The molecule has 3 heteroatoms. The van der Waals surface area contributed by atoms with Gasteiger partial charge in [0.2, 0.25) is 0 Å². The summed E-state index contributed by atoms with van der Waals surface area (Å²) in [5.74, 6) is 0.175. The van der Waals surface area contributed by atoms with Crippen molar-refractivity contribution in [3.8, 4) is 5.75 Å². The van der Waals surface area contributed by atoms with Crippen molar-refractivity contribution in [1.82, 2.24) is 0 Å². The van der Waals surface area contributed by atoms with Crippen LogP contribution in [0.5, 0.6) is 5.75 Å². The highest BCUT2D eigenvalue weighted by atomic mass is 16.3. The summed E-state index contributed by atoms with van der Waals surface area (Å²) in [6.45, 7) is 0.145. The third-order valence-corrected chi connectivity index (χ3v) is 3.07. The lowest BCUT2D eigenvalue weighted by Crippen LogP contribution is -2.13. The van der Waals surface area contributed by atoms with Crippen molar-refractivity contribution in [3.63, 3.8) is 0 Å². The minimum Gasteiger partial charge on any atom is -0.508 e. The third kappa shape index (κ3) is 1.98. The summed E-state index contributed by atoms with van der Waals surface area (Å²) in [4.78, 5) is 0. The van der Waals surface area contributed by atoms with Gasteiger partial charge in [-0.3, -0.25) is 0 Å². The monoisotopic (exact) mass is 207 g/mol. The number of benzene rings is 1. The maximum atomic E-state index is 9.75. The summed E-state index contributed by atoms with van der Waals surface area (Å²) in [5, 5.41) is 19.4. The summed E-state index contributed by atoms with van der Waals surface area (Å²) >= 11 is 0. The van der Waals surface area contributed by atoms with Gasteiger partial charge < -0.3 is 15.9 Å². The van der Waals surface area contributed by atoms with Crippen molar-refractivity contribution in [1.29, 1.82) is 0 Å². The maximum absolute atomic E-state index is 9.75. The second-order valence-electron chi connectivity index (χ2n) is 4.14. The third-order valence-electron chi connectivity index (χ3n) is 3.07. The molecule has 1 aliphatic rings. The van der Waals surface area contributed by atoms with Crippen molar-refractivity contribution < 1.29 is 10.2 Å². The molecule has 0 aromatic heterocycles. The molecule has 0 fully saturated rings. The molecule has 0 saturated heterocycles. The first-order chi connectivity index (χ1) is 7.22. The quantitative estimate of drug-likeness (QED) is 0.684. The molecule has 2 rings (SSSR count). The molecule has 0 spiro atoms. The van der Waals surface area contributed by atoms with Crippen molar-refractivity contribution >= 4 is 0 Å². The molecule has 1 aromatic rings. The Morgan fingerprint density at radius 3 is 2.40 bits per heavy atom. The number of aromatic hydroxyl groups is 1. The number of phenolic OH excluding ortho intramolecular Hbond substituents is 1. The molecule has 0 radical (unpaired) electrons. The van der Waals surface area contributed by atoms with E-state index in [9.17, 15) is 10.2 Å². The van der Waals surface area contributed by atoms with E-state index >= 15 is 0 Å². The largest absolute Gasteiger partial charge is 0.508 e. The molecule has 1 aliphatic carbocycles. The summed E-state index contributed by atoms with van der Waals surface area (Å²) in [6, 6.07) is 3.68. The maximum Gasteiger partial charge on any atom is 0.121 e. The van der Waals surface area contributed by atoms with Gasteiger partial charge in [0.15, 0.2) is 0 Å². The van der Waals surface area contributed by atoms with E-state index in [1.165, 1.54) is 24.0 Å². The van der Waals surface area contributed by atoms with Gasteiger partial charge in [-0.2, -0.15) is 0 Å². The molecule has 0 saturated carbocycles. The molecule has 4 N–H and O–H groups in total. The molecule has 0 amide bonds. The van der Waals surface area contributed by atoms with Crippen LogP contribution in [-0.2, 0) is 12.8 Å². The lowest BCUT2D eigenvalue weighted by atomic mass is 9.89. The molecular formula is C12H17NO2. The highest BCUT2D eigenvalue weighted by Crippen LogP contribution is 2.31. The number of hydrogen-bond donors (Lipinski definition) is 3. The van der Waals surface area contributed by atoms with Crippen LogP contribution in [0.3, 0.4) is 0 Å². The average molecular weight is 207 g/mol. The van der Waals surface area contributed by atoms with Crippen molar-refractivity contribution in [3.05, 3.63) is 28.8 Å². The van der Waals surface area contributed by atoms with Crippen LogP contribution < -0.4 is 5.73 Å². The Balaban J connectivity index is 2.40. The topological polar surface area (TPSA) is 66.5 Å². The van der Waals surface area contributed by atoms with Gasteiger partial charge in [0, 0.05) is 12.1 Å². The zero-order valence-corrected chi connectivity index (χ0v) is 8.74. The van der Waals surface area contributed by atoms with Crippen LogP contribution >= 0.6 is 0 Å². The molecular weight excluding hydrogens is 190 g/mol. The summed E-state index contributed by atoms with van der Waals surface area (Å²) < 4.78 is 0. The summed E-state index contributed by atoms with van der Waals surface area (Å²) in [6.07, 6.45) is 3.69. The van der Waals surface area contributed by atoms with Crippen LogP contribution in [0.4, 0.5) is 0 Å². The number of fused-ring (bicyclic) bond motifs is 1. The SMILES string of the molecule is NCC(O)c1cc2c(cc1O)CCCC2. The van der Waals surface area contributed by atoms with Crippen LogP contribution in [-0.4, -0.2) is 16.8 Å². The molecule has 3 nitrogen and oxygen atoms in total. The minimum atomic E-state index is -0.753. The zero-order chi connectivity index (χ0) is 10.8. The zero-order valence-electron chi connectivity index (χ0n) is 8.74. The Morgan fingerprint density at radius 2 is 1.80 bits per heavy atom. The molecule has 1 unspecified atom stereocenters. The fourth-order valence-electron chi connectivity index (χ4n) is 2.19. The van der Waals surface area contributed by atoms with Gasteiger partial charge in [-0.05, 0) is 48.9 Å². The number of hydrogen-bond acceptors (Lipinski definition) is 3. The van der Waals surface area contributed by atoms with Gasteiger partial charge >= 0.3 is 0 Å². The van der Waals surface area contributed by atoms with Gasteiger partial charge in [0.25, 0.3) is 0 Å². The molecule has 0 bridgehead atoms. The average Bonchev–Trinajstić information content (AvgIpc) is 2.27. The fourth-order valence-corrected chi connectivity index (χ4v) is 2.19. The predicted octanol–water partition coefficient (Wildman–Crippen LogP) is 1.26. The number of nitrogens with two attached hydrogens (primary N) is 1. The van der Waals surface area contributed by atoms with Crippen LogP contribution in [0.15, 0.2) is 12.1 Å². The highest BCUT2D eigenvalue weighted by Gasteiger charge is 2.16. The van der Waals surface area contributed by atoms with Gasteiger partial charge in [-0.25, -0.2) is 0 Å². The second-order valence-corrected chi connectivity index (χ2v) is 4.14. The van der Waals surface area contributed by atoms with Crippen LogP contribution in [0.1, 0.15) is 35.6 Å². The van der Waals surface area contributed by atoms with E-state index in [0.717, 1.165) is 12.8 Å². The normalized spacial score (nSPS) is 17.2. The molecule has 0 aliphatic heterocycles. The van der Waals surface area contributed by atoms with E-state index in [1.54, 1.807) is 6.07 Å². The first-order valence-corrected chi connectivity index (χ1v) is 5.45. The fraction of sp³-hybridized carbons (Fsp3) is 0.500. The van der Waals surface area contributed by atoms with Gasteiger partial charge in [-0.15, -0.1) is 0 Å². The van der Waals surface area contributed by atoms with E-state index < -0.39 is 6.10 Å². The number of phenols is 1. The Hall–Kier alpha value is -1.06. The molecule has 0 heterocycles. The minimum absolute atomic E-state index is 0.145. The van der Waals surface area contributed by atoms with Crippen LogP contribution in [0, 0.1) is 0 Å². The number of aryl methyl sites for hydroxylation is 2. The Kier molecular flexibility index (Phi) is 2.93. The number of aliphatic hydroxyl groups excluding tert-OH is 1. The van der Waals surface area contributed by atoms with E-state index in [-0.39, 0.29) is 12.3 Å².